The van der Waals surface area contributed by atoms with Crippen molar-refractivity contribution in [1.82, 2.24) is 5.32 Å². The fourth-order valence-electron chi connectivity index (χ4n) is 1.86. The van der Waals surface area contributed by atoms with Crippen LogP contribution in [0.4, 0.5) is 0 Å². The van der Waals surface area contributed by atoms with Crippen molar-refractivity contribution in [2.24, 2.45) is 0 Å². The van der Waals surface area contributed by atoms with E-state index in [1.807, 2.05) is 42.5 Å². The highest BCUT2D eigenvalue weighted by Crippen LogP contribution is 2.25. The summed E-state index contributed by atoms with van der Waals surface area (Å²) in [5, 5.41) is 3.01. The summed E-state index contributed by atoms with van der Waals surface area (Å²) in [7, 11) is 0. The van der Waals surface area contributed by atoms with E-state index in [-0.39, 0.29) is 11.9 Å². The number of halogens is 1. The molecule has 0 aromatic heterocycles. The normalized spacial score (nSPS) is 11.9. The molecule has 1 N–H and O–H groups in total. The van der Waals surface area contributed by atoms with Crippen LogP contribution in [0.5, 0.6) is 0 Å². The number of hydrogen-bond acceptors (Lipinski definition) is 2. The second-order valence-corrected chi connectivity index (χ2v) is 6.44. The third-order valence-corrected chi connectivity index (χ3v) is 4.44. The summed E-state index contributed by atoms with van der Waals surface area (Å²) in [5.41, 5.74) is 1.12. The van der Waals surface area contributed by atoms with Crippen molar-refractivity contribution in [2.75, 3.05) is 5.75 Å². The number of thioether (sulfide) groups is 1. The van der Waals surface area contributed by atoms with Crippen molar-refractivity contribution in [3.05, 3.63) is 64.6 Å². The number of rotatable bonds is 5. The number of amides is 1. The van der Waals surface area contributed by atoms with Crippen molar-refractivity contribution in [2.45, 2.75) is 17.9 Å². The van der Waals surface area contributed by atoms with Crippen LogP contribution in [-0.2, 0) is 4.79 Å². The first kappa shape index (κ1) is 15.1. The Morgan fingerprint density at radius 3 is 2.40 bits per heavy atom. The van der Waals surface area contributed by atoms with Crippen LogP contribution >= 0.6 is 27.7 Å². The molecule has 1 amide bonds. The molecule has 0 heterocycles. The number of nitrogens with one attached hydrogen (secondary N) is 1. The lowest BCUT2D eigenvalue weighted by Crippen LogP contribution is -2.27. The van der Waals surface area contributed by atoms with Gasteiger partial charge in [-0.1, -0.05) is 46.3 Å². The third-order valence-electron chi connectivity index (χ3n) is 2.81. The summed E-state index contributed by atoms with van der Waals surface area (Å²) >= 11 is 5.17. The van der Waals surface area contributed by atoms with Crippen molar-refractivity contribution in [3.63, 3.8) is 0 Å². The first-order chi connectivity index (χ1) is 9.65. The maximum atomic E-state index is 11.4. The minimum atomic E-state index is -0.00780. The predicted octanol–water partition coefficient (Wildman–Crippen LogP) is 4.42. The Morgan fingerprint density at radius 1 is 1.15 bits per heavy atom. The molecule has 2 aromatic carbocycles. The minimum Gasteiger partial charge on any atom is -0.349 e. The van der Waals surface area contributed by atoms with E-state index in [1.54, 1.807) is 18.7 Å². The molecule has 0 saturated heterocycles. The van der Waals surface area contributed by atoms with E-state index in [1.165, 1.54) is 4.90 Å². The van der Waals surface area contributed by atoms with Crippen LogP contribution < -0.4 is 5.32 Å². The average Bonchev–Trinajstić information content (AvgIpc) is 2.45. The maximum Gasteiger partial charge on any atom is 0.217 e. The fourth-order valence-corrected chi connectivity index (χ4v) is 3.11. The van der Waals surface area contributed by atoms with E-state index in [9.17, 15) is 4.79 Å². The molecule has 0 bridgehead atoms. The van der Waals surface area contributed by atoms with E-state index in [0.29, 0.717) is 0 Å². The maximum absolute atomic E-state index is 11.4. The summed E-state index contributed by atoms with van der Waals surface area (Å²) in [6.07, 6.45) is 0. The summed E-state index contributed by atoms with van der Waals surface area (Å²) < 4.78 is 1.04. The van der Waals surface area contributed by atoms with Gasteiger partial charge < -0.3 is 5.32 Å². The van der Waals surface area contributed by atoms with Gasteiger partial charge >= 0.3 is 0 Å². The van der Waals surface area contributed by atoms with Gasteiger partial charge in [-0.2, -0.15) is 0 Å². The van der Waals surface area contributed by atoms with Crippen molar-refractivity contribution >= 4 is 33.6 Å². The van der Waals surface area contributed by atoms with Crippen molar-refractivity contribution < 1.29 is 4.79 Å². The molecule has 1 unspecified atom stereocenters. The summed E-state index contributed by atoms with van der Waals surface area (Å²) in [5.74, 6) is 0.803. The Balaban J connectivity index is 2.07. The largest absolute Gasteiger partial charge is 0.349 e. The molecular formula is C16H16BrNOS. The number of benzene rings is 2. The Hall–Kier alpha value is -1.26. The zero-order valence-corrected chi connectivity index (χ0v) is 13.6. The molecule has 0 aliphatic rings. The van der Waals surface area contributed by atoms with Gasteiger partial charge in [0, 0.05) is 22.0 Å². The van der Waals surface area contributed by atoms with Crippen molar-refractivity contribution in [3.8, 4) is 0 Å². The smallest absolute Gasteiger partial charge is 0.217 e. The Morgan fingerprint density at radius 2 is 1.80 bits per heavy atom. The van der Waals surface area contributed by atoms with Gasteiger partial charge in [-0.05, 0) is 29.8 Å². The Kier molecular flexibility index (Phi) is 5.68. The van der Waals surface area contributed by atoms with E-state index < -0.39 is 0 Å². The summed E-state index contributed by atoms with van der Waals surface area (Å²) in [6.45, 7) is 1.55. The van der Waals surface area contributed by atoms with Crippen LogP contribution in [0.15, 0.2) is 64.0 Å². The van der Waals surface area contributed by atoms with Crippen LogP contribution in [0.2, 0.25) is 0 Å². The highest BCUT2D eigenvalue weighted by molar-refractivity contribution is 9.10. The SMILES string of the molecule is CC(=O)NC(CSc1ccccc1)c1ccc(Br)cc1. The summed E-state index contributed by atoms with van der Waals surface area (Å²) in [6, 6.07) is 18.3. The molecule has 0 spiro atoms. The fraction of sp³-hybridized carbons (Fsp3) is 0.188. The average molecular weight is 350 g/mol. The molecule has 20 heavy (non-hydrogen) atoms. The molecule has 0 saturated carbocycles. The lowest BCUT2D eigenvalue weighted by Gasteiger charge is -2.18. The number of carbonyl (C=O) groups excluding carboxylic acids is 1. The highest BCUT2D eigenvalue weighted by Gasteiger charge is 2.13. The van der Waals surface area contributed by atoms with Gasteiger partial charge in [0.1, 0.15) is 0 Å². The highest BCUT2D eigenvalue weighted by atomic mass is 79.9. The van der Waals surface area contributed by atoms with Gasteiger partial charge in [0.25, 0.3) is 0 Å². The molecule has 104 valence electrons. The van der Waals surface area contributed by atoms with E-state index >= 15 is 0 Å². The van der Waals surface area contributed by atoms with Crippen molar-refractivity contribution in [1.29, 1.82) is 0 Å². The zero-order valence-electron chi connectivity index (χ0n) is 11.2. The van der Waals surface area contributed by atoms with Crippen LogP contribution in [0, 0.1) is 0 Å². The predicted molar refractivity (Wildman–Crippen MR) is 87.9 cm³/mol. The second-order valence-electron chi connectivity index (χ2n) is 4.43. The van der Waals surface area contributed by atoms with Gasteiger partial charge in [0.2, 0.25) is 5.91 Å². The molecule has 1 atom stereocenters. The van der Waals surface area contributed by atoms with Gasteiger partial charge in [0.15, 0.2) is 0 Å². The first-order valence-electron chi connectivity index (χ1n) is 6.35. The van der Waals surface area contributed by atoms with Gasteiger partial charge in [-0.15, -0.1) is 11.8 Å². The van der Waals surface area contributed by atoms with E-state index in [4.69, 9.17) is 0 Å². The summed E-state index contributed by atoms with van der Waals surface area (Å²) in [4.78, 5) is 12.6. The second kappa shape index (κ2) is 7.50. The number of hydrogen-bond donors (Lipinski definition) is 1. The van der Waals surface area contributed by atoms with Crippen LogP contribution in [-0.4, -0.2) is 11.7 Å². The van der Waals surface area contributed by atoms with Crippen LogP contribution in [0.1, 0.15) is 18.5 Å². The number of carbonyl (C=O) groups is 1. The lowest BCUT2D eigenvalue weighted by atomic mass is 10.1. The Bertz CT molecular complexity index is 556. The van der Waals surface area contributed by atoms with Crippen LogP contribution in [0.3, 0.4) is 0 Å². The Labute approximate surface area is 132 Å². The minimum absolute atomic E-state index is 0.00780. The standard InChI is InChI=1S/C16H16BrNOS/c1-12(19)18-16(13-7-9-14(17)10-8-13)11-20-15-5-3-2-4-6-15/h2-10,16H,11H2,1H3,(H,18,19). The molecule has 0 aliphatic heterocycles. The molecular weight excluding hydrogens is 334 g/mol. The van der Waals surface area contributed by atoms with E-state index in [2.05, 4.69) is 33.4 Å². The molecule has 0 fully saturated rings. The van der Waals surface area contributed by atoms with Gasteiger partial charge in [-0.3, -0.25) is 4.79 Å². The molecule has 2 rings (SSSR count). The molecule has 2 nitrogen and oxygen atoms in total. The van der Waals surface area contributed by atoms with Gasteiger partial charge in [0.05, 0.1) is 6.04 Å². The van der Waals surface area contributed by atoms with Gasteiger partial charge in [-0.25, -0.2) is 0 Å². The lowest BCUT2D eigenvalue weighted by molar-refractivity contribution is -0.119. The topological polar surface area (TPSA) is 29.1 Å². The molecule has 4 heteroatoms. The van der Waals surface area contributed by atoms with Crippen LogP contribution in [0.25, 0.3) is 0 Å². The molecule has 0 radical (unpaired) electrons. The first-order valence-corrected chi connectivity index (χ1v) is 8.13. The third kappa shape index (κ3) is 4.69. The molecule has 0 aliphatic carbocycles. The zero-order chi connectivity index (χ0) is 14.4. The monoisotopic (exact) mass is 349 g/mol. The molecule has 2 aromatic rings. The quantitative estimate of drug-likeness (QED) is 0.809. The van der Waals surface area contributed by atoms with E-state index in [0.717, 1.165) is 15.8 Å².